The van der Waals surface area contributed by atoms with Crippen LogP contribution in [0.15, 0.2) is 18.2 Å². The first-order valence-corrected chi connectivity index (χ1v) is 6.57. The van der Waals surface area contributed by atoms with Crippen molar-refractivity contribution in [3.8, 4) is 0 Å². The zero-order valence-corrected chi connectivity index (χ0v) is 12.2. The molecule has 104 valence electrons. The molecule has 0 radical (unpaired) electrons. The molecule has 0 aliphatic carbocycles. The van der Waals surface area contributed by atoms with E-state index in [0.29, 0.717) is 10.7 Å². The van der Waals surface area contributed by atoms with E-state index < -0.39 is 5.97 Å². The molecule has 1 aromatic carbocycles. The second kappa shape index (κ2) is 6.78. The Morgan fingerprint density at radius 3 is 2.47 bits per heavy atom. The minimum absolute atomic E-state index is 0.0619. The summed E-state index contributed by atoms with van der Waals surface area (Å²) in [4.78, 5) is 24.2. The van der Waals surface area contributed by atoms with E-state index in [-0.39, 0.29) is 29.8 Å². The minimum atomic E-state index is -0.972. The highest BCUT2D eigenvalue weighted by molar-refractivity contribution is 6.44. The van der Waals surface area contributed by atoms with Gasteiger partial charge in [0.25, 0.3) is 0 Å². The van der Waals surface area contributed by atoms with Crippen LogP contribution in [0.1, 0.15) is 20.3 Å². The smallest absolute Gasteiger partial charge is 0.305 e. The van der Waals surface area contributed by atoms with Crippen LogP contribution in [-0.4, -0.2) is 23.5 Å². The first-order chi connectivity index (χ1) is 8.84. The Hall–Kier alpha value is -1.26. The average molecular weight is 304 g/mol. The lowest BCUT2D eigenvalue weighted by Crippen LogP contribution is -2.36. The summed E-state index contributed by atoms with van der Waals surface area (Å²) in [5.41, 5.74) is 0.439. The molecule has 6 heteroatoms. The molecule has 0 aliphatic heterocycles. The molecule has 0 spiro atoms. The summed E-state index contributed by atoms with van der Waals surface area (Å²) in [6.07, 6.45) is -0.151. The van der Waals surface area contributed by atoms with E-state index in [2.05, 4.69) is 0 Å². The molecular formula is C13H15Cl2NO3. The molecule has 4 nitrogen and oxygen atoms in total. The number of carboxylic acids is 1. The number of amides is 1. The molecule has 0 unspecified atom stereocenters. The summed E-state index contributed by atoms with van der Waals surface area (Å²) in [6.45, 7) is 3.55. The molecule has 0 fully saturated rings. The highest BCUT2D eigenvalue weighted by atomic mass is 35.5. The fourth-order valence-electron chi connectivity index (χ4n) is 1.57. The van der Waals surface area contributed by atoms with Gasteiger partial charge in [-0.1, -0.05) is 43.1 Å². The largest absolute Gasteiger partial charge is 0.481 e. The fraction of sp³-hybridized carbons (Fsp3) is 0.385. The van der Waals surface area contributed by atoms with Gasteiger partial charge in [-0.2, -0.15) is 0 Å². The number of rotatable bonds is 5. The van der Waals surface area contributed by atoms with Crippen molar-refractivity contribution in [2.75, 3.05) is 11.4 Å². The van der Waals surface area contributed by atoms with E-state index >= 15 is 0 Å². The summed E-state index contributed by atoms with van der Waals surface area (Å²) >= 11 is 12.0. The Kier molecular flexibility index (Phi) is 5.63. The van der Waals surface area contributed by atoms with E-state index in [4.69, 9.17) is 28.3 Å². The summed E-state index contributed by atoms with van der Waals surface area (Å²) < 4.78 is 0. The molecule has 0 atom stereocenters. The topological polar surface area (TPSA) is 57.6 Å². The number of nitrogens with zero attached hydrogens (tertiary/aromatic N) is 1. The van der Waals surface area contributed by atoms with Gasteiger partial charge in [0.15, 0.2) is 0 Å². The maximum atomic E-state index is 12.2. The van der Waals surface area contributed by atoms with Gasteiger partial charge in [-0.3, -0.25) is 9.59 Å². The van der Waals surface area contributed by atoms with Gasteiger partial charge in [0.05, 0.1) is 22.2 Å². The van der Waals surface area contributed by atoms with E-state index in [1.807, 2.05) is 0 Å². The predicted octanol–water partition coefficient (Wildman–Crippen LogP) is 3.46. The van der Waals surface area contributed by atoms with Crippen LogP contribution >= 0.6 is 23.2 Å². The third kappa shape index (κ3) is 4.11. The van der Waals surface area contributed by atoms with Gasteiger partial charge >= 0.3 is 5.97 Å². The van der Waals surface area contributed by atoms with Crippen LogP contribution in [0.5, 0.6) is 0 Å². The van der Waals surface area contributed by atoms with E-state index in [0.717, 1.165) is 0 Å². The van der Waals surface area contributed by atoms with Gasteiger partial charge in [-0.25, -0.2) is 0 Å². The lowest BCUT2D eigenvalue weighted by atomic mass is 10.1. The normalized spacial score (nSPS) is 10.6. The van der Waals surface area contributed by atoms with Crippen LogP contribution in [0.3, 0.4) is 0 Å². The van der Waals surface area contributed by atoms with Crippen LogP contribution in [-0.2, 0) is 9.59 Å². The van der Waals surface area contributed by atoms with Crippen molar-refractivity contribution in [2.24, 2.45) is 5.92 Å². The van der Waals surface area contributed by atoms with Crippen molar-refractivity contribution >= 4 is 40.8 Å². The highest BCUT2D eigenvalue weighted by Crippen LogP contribution is 2.33. The quantitative estimate of drug-likeness (QED) is 0.906. The van der Waals surface area contributed by atoms with Crippen molar-refractivity contribution in [1.29, 1.82) is 0 Å². The predicted molar refractivity (Wildman–Crippen MR) is 75.9 cm³/mol. The van der Waals surface area contributed by atoms with Crippen molar-refractivity contribution in [3.63, 3.8) is 0 Å². The zero-order chi connectivity index (χ0) is 14.6. The molecule has 1 rings (SSSR count). The number of hydrogen-bond acceptors (Lipinski definition) is 2. The molecule has 0 bridgehead atoms. The standard InChI is InChI=1S/C13H15Cl2NO3/c1-8(2)13(19)16(7-6-11(17)18)10-5-3-4-9(14)12(10)15/h3-5,8H,6-7H2,1-2H3,(H,17,18). The van der Waals surface area contributed by atoms with Crippen molar-refractivity contribution in [1.82, 2.24) is 0 Å². The number of hydrogen-bond donors (Lipinski definition) is 1. The third-order valence-electron chi connectivity index (χ3n) is 2.53. The van der Waals surface area contributed by atoms with Crippen LogP contribution in [0, 0.1) is 5.92 Å². The number of anilines is 1. The third-order valence-corrected chi connectivity index (χ3v) is 3.34. The summed E-state index contributed by atoms with van der Waals surface area (Å²) in [6, 6.07) is 4.93. The monoisotopic (exact) mass is 303 g/mol. The second-order valence-corrected chi connectivity index (χ2v) is 5.15. The Morgan fingerprint density at radius 2 is 1.95 bits per heavy atom. The van der Waals surface area contributed by atoms with Crippen LogP contribution in [0.2, 0.25) is 10.0 Å². The number of carbonyl (C=O) groups is 2. The van der Waals surface area contributed by atoms with Gasteiger partial charge in [0.1, 0.15) is 0 Å². The van der Waals surface area contributed by atoms with Gasteiger partial charge in [-0.05, 0) is 12.1 Å². The molecule has 0 heterocycles. The maximum absolute atomic E-state index is 12.2. The Morgan fingerprint density at radius 1 is 1.32 bits per heavy atom. The van der Waals surface area contributed by atoms with Gasteiger partial charge in [0, 0.05) is 12.5 Å². The Balaban J connectivity index is 3.11. The van der Waals surface area contributed by atoms with Crippen LogP contribution in [0.25, 0.3) is 0 Å². The first kappa shape index (κ1) is 15.8. The SMILES string of the molecule is CC(C)C(=O)N(CCC(=O)O)c1cccc(Cl)c1Cl. The van der Waals surface area contributed by atoms with Crippen molar-refractivity contribution in [2.45, 2.75) is 20.3 Å². The molecule has 1 amide bonds. The van der Waals surface area contributed by atoms with E-state index in [1.165, 1.54) is 4.90 Å². The Labute approximate surface area is 121 Å². The minimum Gasteiger partial charge on any atom is -0.481 e. The highest BCUT2D eigenvalue weighted by Gasteiger charge is 2.22. The number of carbonyl (C=O) groups excluding carboxylic acids is 1. The number of aliphatic carboxylic acids is 1. The maximum Gasteiger partial charge on any atom is 0.305 e. The molecule has 19 heavy (non-hydrogen) atoms. The lowest BCUT2D eigenvalue weighted by molar-refractivity contribution is -0.136. The molecular weight excluding hydrogens is 289 g/mol. The Bertz CT molecular complexity index is 489. The number of carboxylic acid groups (broad SMARTS) is 1. The number of benzene rings is 1. The number of halogens is 2. The summed E-state index contributed by atoms with van der Waals surface area (Å²) in [5, 5.41) is 9.34. The van der Waals surface area contributed by atoms with Crippen LogP contribution in [0.4, 0.5) is 5.69 Å². The fourth-order valence-corrected chi connectivity index (χ4v) is 1.97. The van der Waals surface area contributed by atoms with Crippen molar-refractivity contribution < 1.29 is 14.7 Å². The second-order valence-electron chi connectivity index (χ2n) is 4.36. The first-order valence-electron chi connectivity index (χ1n) is 5.81. The van der Waals surface area contributed by atoms with Crippen molar-refractivity contribution in [3.05, 3.63) is 28.2 Å². The molecule has 1 aromatic rings. The van der Waals surface area contributed by atoms with Gasteiger partial charge in [-0.15, -0.1) is 0 Å². The van der Waals surface area contributed by atoms with Crippen LogP contribution < -0.4 is 4.90 Å². The van der Waals surface area contributed by atoms with Gasteiger partial charge in [0.2, 0.25) is 5.91 Å². The molecule has 0 aliphatic rings. The molecule has 0 saturated carbocycles. The zero-order valence-electron chi connectivity index (χ0n) is 10.7. The molecule has 1 N–H and O–H groups in total. The molecule has 0 aromatic heterocycles. The van der Waals surface area contributed by atoms with E-state index in [9.17, 15) is 9.59 Å². The van der Waals surface area contributed by atoms with E-state index in [1.54, 1.807) is 32.0 Å². The summed E-state index contributed by atoms with van der Waals surface area (Å²) in [5.74, 6) is -1.42. The lowest BCUT2D eigenvalue weighted by Gasteiger charge is -2.25. The van der Waals surface area contributed by atoms with Gasteiger partial charge < -0.3 is 10.0 Å². The average Bonchev–Trinajstić information content (AvgIpc) is 2.33. The molecule has 0 saturated heterocycles. The summed E-state index contributed by atoms with van der Waals surface area (Å²) in [7, 11) is 0.